The molecule has 8 aromatic heterocycles. The van der Waals surface area contributed by atoms with Crippen molar-refractivity contribution in [2.24, 2.45) is 0 Å². The van der Waals surface area contributed by atoms with E-state index in [-0.39, 0.29) is 34.2 Å². The second-order valence-electron chi connectivity index (χ2n) is 18.6. The molecule has 1 amide bonds. The van der Waals surface area contributed by atoms with Gasteiger partial charge in [0.15, 0.2) is 5.76 Å². The van der Waals surface area contributed by atoms with Gasteiger partial charge in [-0.15, -0.1) is 10.2 Å². The minimum Gasteiger partial charge on any atom is -0.416 e. The quantitative estimate of drug-likeness (QED) is 0.0473. The number of nitrogens with zero attached hydrogens (tertiary/aromatic N) is 8. The van der Waals surface area contributed by atoms with Crippen molar-refractivity contribution in [1.82, 2.24) is 50.9 Å². The summed E-state index contributed by atoms with van der Waals surface area (Å²) in [6, 6.07) is 38.3. The van der Waals surface area contributed by atoms with Crippen molar-refractivity contribution in [2.75, 3.05) is 36.6 Å². The summed E-state index contributed by atoms with van der Waals surface area (Å²) in [5.74, 6) is 1.25. The molecule has 432 valence electrons. The minimum absolute atomic E-state index is 0. The Balaban J connectivity index is 0.000000660. The Morgan fingerprint density at radius 1 is 0.646 bits per heavy atom. The fraction of sp³-hybridized carbons (Fsp3) is 0.117. The Kier molecular flexibility index (Phi) is 18.2. The third-order valence-corrected chi connectivity index (χ3v) is 15.6. The van der Waals surface area contributed by atoms with Gasteiger partial charge in [0.1, 0.15) is 29.0 Å². The van der Waals surface area contributed by atoms with Gasteiger partial charge >= 0.3 is 0 Å². The van der Waals surface area contributed by atoms with Crippen molar-refractivity contribution in [3.05, 3.63) is 198 Å². The molecule has 0 spiro atoms. The molecule has 82 heavy (non-hydrogen) atoms. The molecule has 0 aliphatic carbocycles. The van der Waals surface area contributed by atoms with E-state index in [2.05, 4.69) is 61.6 Å². The third kappa shape index (κ3) is 13.7. The highest BCUT2D eigenvalue weighted by molar-refractivity contribution is 8.24. The summed E-state index contributed by atoms with van der Waals surface area (Å²) in [5, 5.41) is 25.0. The first kappa shape index (κ1) is 57.1. The molecule has 11 aromatic rings. The zero-order valence-corrected chi connectivity index (χ0v) is 46.5. The number of aromatic nitrogens is 8. The second kappa shape index (κ2) is 26.2. The number of carbonyl (C=O) groups is 1. The molecular weight excluding hydrogens is 1080 g/mol. The topological polar surface area (TPSA) is 301 Å². The van der Waals surface area contributed by atoms with E-state index in [1.54, 1.807) is 99.6 Å². The first-order valence-corrected chi connectivity index (χ1v) is 28.0. The molecule has 0 atom stereocenters. The van der Waals surface area contributed by atoms with Crippen LogP contribution in [0.4, 0.5) is 27.5 Å². The number of halogens is 1. The van der Waals surface area contributed by atoms with Gasteiger partial charge in [-0.05, 0) is 134 Å². The van der Waals surface area contributed by atoms with E-state index in [0.29, 0.717) is 79.7 Å². The monoisotopic (exact) mass is 1150 g/mol. The van der Waals surface area contributed by atoms with E-state index in [4.69, 9.17) is 26.1 Å². The van der Waals surface area contributed by atoms with Crippen molar-refractivity contribution < 1.29 is 38.6 Å². The van der Waals surface area contributed by atoms with E-state index in [0.717, 1.165) is 39.9 Å². The van der Waals surface area contributed by atoms with Gasteiger partial charge in [-0.3, -0.25) is 23.9 Å². The molecular formula is C60H73FN14O5S2. The number of anilines is 4. The first-order valence-electron chi connectivity index (χ1n) is 25.5. The normalized spacial score (nSPS) is 11.3. The summed E-state index contributed by atoms with van der Waals surface area (Å²) in [6.07, 6.45) is 9.81. The maximum Gasteiger partial charge on any atom is 0.259 e. The highest BCUT2D eigenvalue weighted by atomic mass is 32.3. The van der Waals surface area contributed by atoms with E-state index in [9.17, 15) is 18.3 Å². The lowest BCUT2D eigenvalue weighted by Crippen LogP contribution is -2.15. The number of carbonyl (C=O) groups excluding carboxylic acids is 1. The lowest BCUT2D eigenvalue weighted by atomic mass is 10.1. The van der Waals surface area contributed by atoms with Gasteiger partial charge in [0.2, 0.25) is 5.89 Å². The summed E-state index contributed by atoms with van der Waals surface area (Å²) >= 11 is 1.63. The van der Waals surface area contributed by atoms with Crippen LogP contribution in [0.3, 0.4) is 0 Å². The zero-order valence-electron chi connectivity index (χ0n) is 44.9. The van der Waals surface area contributed by atoms with Crippen molar-refractivity contribution in [3.63, 3.8) is 0 Å². The van der Waals surface area contributed by atoms with Crippen LogP contribution in [0.2, 0.25) is 0 Å². The van der Waals surface area contributed by atoms with Crippen LogP contribution in [-0.4, -0.2) is 74.6 Å². The number of pyridine rings is 5. The average Bonchev–Trinajstić information content (AvgIpc) is 1.57. The first-order chi connectivity index (χ1) is 39.7. The van der Waals surface area contributed by atoms with Crippen LogP contribution in [-0.2, 0) is 13.1 Å². The molecule has 0 bridgehead atoms. The molecule has 0 aliphatic rings. The van der Waals surface area contributed by atoms with Gasteiger partial charge in [0.25, 0.3) is 11.8 Å². The lowest BCUT2D eigenvalue weighted by molar-refractivity contribution is 0.102. The molecule has 11 N–H and O–H groups in total. The van der Waals surface area contributed by atoms with Crippen molar-refractivity contribution >= 4 is 51.0 Å². The highest BCUT2D eigenvalue weighted by Gasteiger charge is 2.22. The molecule has 0 unspecified atom stereocenters. The fourth-order valence-electron chi connectivity index (χ4n) is 8.14. The number of nitrogen functional groups attached to an aromatic ring is 3. The van der Waals surface area contributed by atoms with Gasteiger partial charge in [0, 0.05) is 106 Å². The van der Waals surface area contributed by atoms with E-state index >= 15 is 0 Å². The maximum absolute atomic E-state index is 14.6. The van der Waals surface area contributed by atoms with E-state index in [1.165, 1.54) is 17.8 Å². The number of rotatable bonds is 15. The van der Waals surface area contributed by atoms with Gasteiger partial charge in [-0.25, -0.2) is 19.3 Å². The number of hydrogen-bond acceptors (Lipinski definition) is 19. The Labute approximate surface area is 489 Å². The standard InChI is InChI=1S/C24H26FN5O3S.C19H17N5OS.C17H14N4O.8H2/c1-14(2)34(31,32)17-5-7-21(28-13-17)16-9-19(24(26)29-12-16)23-10-22(30-33-23)18-6-4-15(11-27-3)8-20(18)25;1-21-9-12-2-4-13(5-3-12)18-23-24-19(25-18)16-8-15(10-22-17(16)20)14-6-7-26-11-14;18-16-15(17(22)21-14-6-2-1-3-7-14)9-13(11-20-16)12-5-4-8-19-10-12;;;;;;;;/h4-10,12-14,27,31-32H,11H2,1-3H3,(H2,26,29);2-8,10-11,21H,9H2,1H3,(H2,20,22);1-11H,(H2,18,20)(H,21,22);8*1H. The summed E-state index contributed by atoms with van der Waals surface area (Å²) in [4.78, 5) is 33.8. The number of benzene rings is 3. The molecule has 11 rings (SSSR count). The molecule has 19 nitrogen and oxygen atoms in total. The molecule has 8 heterocycles. The minimum atomic E-state index is -2.92. The van der Waals surface area contributed by atoms with Crippen LogP contribution in [0.15, 0.2) is 189 Å². The Hall–Kier alpha value is -9.55. The molecule has 0 aliphatic heterocycles. The van der Waals surface area contributed by atoms with E-state index < -0.39 is 16.4 Å². The highest BCUT2D eigenvalue weighted by Crippen LogP contribution is 2.52. The number of para-hydroxylation sites is 1. The van der Waals surface area contributed by atoms with Crippen molar-refractivity contribution in [1.29, 1.82) is 0 Å². The zero-order chi connectivity index (χ0) is 57.8. The predicted octanol–water partition coefficient (Wildman–Crippen LogP) is 14.2. The van der Waals surface area contributed by atoms with Gasteiger partial charge < -0.3 is 42.1 Å². The Bertz CT molecular complexity index is 3940. The molecule has 0 saturated heterocycles. The van der Waals surface area contributed by atoms with Gasteiger partial charge in [-0.1, -0.05) is 47.6 Å². The van der Waals surface area contributed by atoms with Crippen molar-refractivity contribution in [3.8, 4) is 79.0 Å². The van der Waals surface area contributed by atoms with Gasteiger partial charge in [-0.2, -0.15) is 21.9 Å². The number of nitrogens with one attached hydrogen (secondary N) is 3. The fourth-order valence-corrected chi connectivity index (χ4v) is 9.83. The van der Waals surface area contributed by atoms with Crippen LogP contribution < -0.4 is 33.2 Å². The van der Waals surface area contributed by atoms with Crippen molar-refractivity contribution in [2.45, 2.75) is 37.1 Å². The maximum atomic E-state index is 14.6. The van der Waals surface area contributed by atoms with Crippen LogP contribution in [0.5, 0.6) is 0 Å². The Morgan fingerprint density at radius 2 is 1.33 bits per heavy atom. The number of thiophene rings is 1. The lowest BCUT2D eigenvalue weighted by Gasteiger charge is -2.36. The van der Waals surface area contributed by atoms with E-state index in [1.807, 2.05) is 97.4 Å². The number of hydrogen-bond donors (Lipinski definition) is 8. The smallest absolute Gasteiger partial charge is 0.259 e. The molecule has 3 aromatic carbocycles. The second-order valence-corrected chi connectivity index (χ2v) is 22.0. The SMILES string of the molecule is CNCc1ccc(-c2cc(-c3cc(-c4ccc(S(O)(O)C(C)C)cn4)cnc3N)on2)c(F)c1.CNCc1ccc(-c2nnc(-c3cc(-c4ccsc4)cnc3N)o2)cc1.Nc1ncc(-c2cccnc2)cc1C(=O)Nc1ccccc1.[HH].[HH].[HH].[HH].[HH].[HH].[HH].[HH]. The summed E-state index contributed by atoms with van der Waals surface area (Å²) in [7, 11) is 0.792. The molecule has 0 radical (unpaired) electrons. The molecule has 0 fully saturated rings. The largest absolute Gasteiger partial charge is 0.416 e. The summed E-state index contributed by atoms with van der Waals surface area (Å²) in [5.41, 5.74) is 28.6. The number of amides is 1. The Morgan fingerprint density at radius 3 is 2.00 bits per heavy atom. The van der Waals surface area contributed by atoms with Crippen LogP contribution >= 0.6 is 21.9 Å². The number of nitrogens with two attached hydrogens (primary N) is 3. The summed E-state index contributed by atoms with van der Waals surface area (Å²) < 4.78 is 46.6. The van der Waals surface area contributed by atoms with Crippen LogP contribution in [0.1, 0.15) is 46.7 Å². The predicted molar refractivity (Wildman–Crippen MR) is 338 cm³/mol. The molecule has 22 heteroatoms. The summed E-state index contributed by atoms with van der Waals surface area (Å²) in [6.45, 7) is 4.86. The average molecular weight is 1150 g/mol. The van der Waals surface area contributed by atoms with Crippen LogP contribution in [0, 0.1) is 5.82 Å². The van der Waals surface area contributed by atoms with Gasteiger partial charge in [0.05, 0.1) is 33.5 Å². The third-order valence-electron chi connectivity index (χ3n) is 12.6. The van der Waals surface area contributed by atoms with Crippen LogP contribution in [0.25, 0.3) is 79.0 Å². The molecule has 0 saturated carbocycles.